The normalized spacial score (nSPS) is 13.5. The molecule has 0 saturated heterocycles. The van der Waals surface area contributed by atoms with Crippen molar-refractivity contribution in [2.24, 2.45) is 5.41 Å². The predicted molar refractivity (Wildman–Crippen MR) is 65.0 cm³/mol. The number of nitrogen functional groups attached to an aromatic ring is 1. The Labute approximate surface area is 96.1 Å². The molecule has 1 atom stereocenters. The van der Waals surface area contributed by atoms with Gasteiger partial charge in [0.15, 0.2) is 0 Å². The van der Waals surface area contributed by atoms with Crippen LogP contribution < -0.4 is 11.1 Å². The van der Waals surface area contributed by atoms with Crippen molar-refractivity contribution < 1.29 is 5.11 Å². The Bertz CT molecular complexity index is 318. The minimum Gasteiger partial charge on any atom is -0.391 e. The molecule has 1 aromatic heterocycles. The second kappa shape index (κ2) is 5.12. The molecule has 0 aliphatic heterocycles. The molecule has 1 rings (SSSR count). The van der Waals surface area contributed by atoms with Crippen LogP contribution in [0.15, 0.2) is 12.4 Å². The van der Waals surface area contributed by atoms with E-state index in [2.05, 4.69) is 36.1 Å². The van der Waals surface area contributed by atoms with Crippen LogP contribution >= 0.6 is 0 Å². The average Bonchev–Trinajstić information content (AvgIpc) is 2.14. The summed E-state index contributed by atoms with van der Waals surface area (Å²) in [6.45, 7) is 6.76. The molecule has 5 nitrogen and oxygen atoms in total. The van der Waals surface area contributed by atoms with E-state index in [4.69, 9.17) is 5.73 Å². The molecule has 0 radical (unpaired) electrons. The van der Waals surface area contributed by atoms with Crippen molar-refractivity contribution in [2.45, 2.75) is 33.3 Å². The van der Waals surface area contributed by atoms with E-state index in [1.807, 2.05) is 0 Å². The minimum atomic E-state index is -0.389. The summed E-state index contributed by atoms with van der Waals surface area (Å²) < 4.78 is 0. The van der Waals surface area contributed by atoms with Crippen molar-refractivity contribution in [3.8, 4) is 0 Å². The first-order valence-electron chi connectivity index (χ1n) is 5.36. The van der Waals surface area contributed by atoms with Crippen LogP contribution in [0.25, 0.3) is 0 Å². The highest BCUT2D eigenvalue weighted by atomic mass is 16.3. The van der Waals surface area contributed by atoms with Gasteiger partial charge in [-0.25, -0.2) is 9.97 Å². The Hall–Kier alpha value is -1.36. The van der Waals surface area contributed by atoms with Gasteiger partial charge in [-0.2, -0.15) is 0 Å². The monoisotopic (exact) mass is 224 g/mol. The van der Waals surface area contributed by atoms with Crippen molar-refractivity contribution >= 4 is 11.6 Å². The van der Waals surface area contributed by atoms with Gasteiger partial charge in [-0.15, -0.1) is 0 Å². The smallest absolute Gasteiger partial charge is 0.144 e. The van der Waals surface area contributed by atoms with Crippen molar-refractivity contribution in [2.75, 3.05) is 17.6 Å². The van der Waals surface area contributed by atoms with Gasteiger partial charge in [0.2, 0.25) is 0 Å². The third-order valence-electron chi connectivity index (χ3n) is 2.04. The molecule has 0 aromatic carbocycles. The molecule has 0 bridgehead atoms. The first-order valence-corrected chi connectivity index (χ1v) is 5.36. The van der Waals surface area contributed by atoms with Crippen molar-refractivity contribution in [3.05, 3.63) is 12.4 Å². The van der Waals surface area contributed by atoms with E-state index in [-0.39, 0.29) is 11.5 Å². The highest BCUT2D eigenvalue weighted by Gasteiger charge is 2.16. The second-order valence-corrected chi connectivity index (χ2v) is 5.13. The molecule has 0 aliphatic rings. The van der Waals surface area contributed by atoms with Gasteiger partial charge in [0.25, 0.3) is 0 Å². The van der Waals surface area contributed by atoms with E-state index in [0.717, 1.165) is 6.42 Å². The lowest BCUT2D eigenvalue weighted by Crippen LogP contribution is -2.25. The molecule has 90 valence electrons. The largest absolute Gasteiger partial charge is 0.391 e. The quantitative estimate of drug-likeness (QED) is 0.717. The number of hydrogen-bond acceptors (Lipinski definition) is 5. The average molecular weight is 224 g/mol. The first-order chi connectivity index (χ1) is 7.37. The fourth-order valence-electron chi connectivity index (χ4n) is 1.43. The molecule has 1 heterocycles. The molecule has 0 fully saturated rings. The maximum Gasteiger partial charge on any atom is 0.144 e. The molecule has 0 saturated carbocycles. The summed E-state index contributed by atoms with van der Waals surface area (Å²) in [6, 6.07) is 0. The summed E-state index contributed by atoms with van der Waals surface area (Å²) in [6.07, 6.45) is 3.39. The van der Waals surface area contributed by atoms with E-state index < -0.39 is 0 Å². The lowest BCUT2D eigenvalue weighted by molar-refractivity contribution is 0.132. The third-order valence-corrected chi connectivity index (χ3v) is 2.04. The van der Waals surface area contributed by atoms with Crippen molar-refractivity contribution in [1.29, 1.82) is 0 Å². The van der Waals surface area contributed by atoms with Gasteiger partial charge >= 0.3 is 0 Å². The van der Waals surface area contributed by atoms with E-state index in [1.165, 1.54) is 6.20 Å². The maximum atomic E-state index is 9.77. The number of aromatic nitrogens is 2. The van der Waals surface area contributed by atoms with Gasteiger partial charge in [-0.05, 0) is 11.8 Å². The van der Waals surface area contributed by atoms with Crippen LogP contribution in [-0.2, 0) is 0 Å². The van der Waals surface area contributed by atoms with Crippen LogP contribution in [0.5, 0.6) is 0 Å². The van der Waals surface area contributed by atoms with E-state index >= 15 is 0 Å². The number of hydrogen-bond donors (Lipinski definition) is 3. The van der Waals surface area contributed by atoms with E-state index in [1.54, 1.807) is 6.20 Å². The van der Waals surface area contributed by atoms with Gasteiger partial charge in [-0.3, -0.25) is 0 Å². The Balaban J connectivity index is 2.37. The molecule has 1 aromatic rings. The fourth-order valence-corrected chi connectivity index (χ4v) is 1.43. The summed E-state index contributed by atoms with van der Waals surface area (Å²) in [4.78, 5) is 7.94. The summed E-state index contributed by atoms with van der Waals surface area (Å²) in [5, 5.41) is 12.8. The molecule has 4 N–H and O–H groups in total. The molecule has 5 heteroatoms. The zero-order valence-corrected chi connectivity index (χ0v) is 10.1. The number of nitrogens with two attached hydrogens (primary N) is 1. The number of aliphatic hydroxyl groups is 1. The summed E-state index contributed by atoms with van der Waals surface area (Å²) >= 11 is 0. The topological polar surface area (TPSA) is 84.1 Å². The van der Waals surface area contributed by atoms with Crippen molar-refractivity contribution in [3.63, 3.8) is 0 Å². The summed E-state index contributed by atoms with van der Waals surface area (Å²) in [7, 11) is 0. The number of aliphatic hydroxyl groups excluding tert-OH is 1. The number of anilines is 2. The Morgan fingerprint density at radius 3 is 2.56 bits per heavy atom. The maximum absolute atomic E-state index is 9.77. The number of rotatable bonds is 4. The first kappa shape index (κ1) is 12.7. The number of nitrogens with one attached hydrogen (secondary N) is 1. The Morgan fingerprint density at radius 1 is 1.38 bits per heavy atom. The molecular formula is C11H20N4O. The van der Waals surface area contributed by atoms with E-state index in [0.29, 0.717) is 18.2 Å². The van der Waals surface area contributed by atoms with E-state index in [9.17, 15) is 5.11 Å². The zero-order valence-electron chi connectivity index (χ0n) is 10.1. The Kier molecular flexibility index (Phi) is 4.06. The standard InChI is InChI=1S/C11H20N4O/c1-11(2,3)4-8(16)5-14-10-7-13-9(12)6-15-10/h6-8,16H,4-5H2,1-3H3,(H2,12,13)(H,14,15). The molecule has 16 heavy (non-hydrogen) atoms. The highest BCUT2D eigenvalue weighted by Crippen LogP contribution is 2.20. The van der Waals surface area contributed by atoms with Crippen LogP contribution in [-0.4, -0.2) is 27.7 Å². The molecular weight excluding hydrogens is 204 g/mol. The van der Waals surface area contributed by atoms with Crippen molar-refractivity contribution in [1.82, 2.24) is 9.97 Å². The molecule has 0 amide bonds. The minimum absolute atomic E-state index is 0.119. The van der Waals surface area contributed by atoms with Gasteiger partial charge in [0, 0.05) is 6.54 Å². The fraction of sp³-hybridized carbons (Fsp3) is 0.636. The third kappa shape index (κ3) is 4.93. The lowest BCUT2D eigenvalue weighted by Gasteiger charge is -2.22. The molecule has 0 spiro atoms. The van der Waals surface area contributed by atoms with Crippen LogP contribution in [0.1, 0.15) is 27.2 Å². The van der Waals surface area contributed by atoms with Gasteiger partial charge in [0.1, 0.15) is 11.6 Å². The van der Waals surface area contributed by atoms with Gasteiger partial charge in [-0.1, -0.05) is 20.8 Å². The predicted octanol–water partition coefficient (Wildman–Crippen LogP) is 1.27. The second-order valence-electron chi connectivity index (χ2n) is 5.13. The molecule has 0 aliphatic carbocycles. The SMILES string of the molecule is CC(C)(C)CC(O)CNc1cnc(N)cn1. The van der Waals surface area contributed by atoms with Crippen LogP contribution in [0.4, 0.5) is 11.6 Å². The summed E-state index contributed by atoms with van der Waals surface area (Å²) in [5.74, 6) is 1.02. The lowest BCUT2D eigenvalue weighted by atomic mass is 9.89. The molecule has 1 unspecified atom stereocenters. The van der Waals surface area contributed by atoms with Gasteiger partial charge < -0.3 is 16.2 Å². The Morgan fingerprint density at radius 2 is 2.06 bits per heavy atom. The van der Waals surface area contributed by atoms with Crippen LogP contribution in [0.2, 0.25) is 0 Å². The van der Waals surface area contributed by atoms with Crippen LogP contribution in [0, 0.1) is 5.41 Å². The summed E-state index contributed by atoms with van der Waals surface area (Å²) in [5.41, 5.74) is 5.53. The van der Waals surface area contributed by atoms with Gasteiger partial charge in [0.05, 0.1) is 18.5 Å². The van der Waals surface area contributed by atoms with Crippen LogP contribution in [0.3, 0.4) is 0 Å². The zero-order chi connectivity index (χ0) is 12.2. The number of nitrogens with zero attached hydrogens (tertiary/aromatic N) is 2. The highest BCUT2D eigenvalue weighted by molar-refractivity contribution is 5.35.